The molecular formula is C14H16FNO3S. The highest BCUT2D eigenvalue weighted by Crippen LogP contribution is 2.29. The van der Waals surface area contributed by atoms with Gasteiger partial charge in [0.15, 0.2) is 0 Å². The van der Waals surface area contributed by atoms with Crippen LogP contribution in [0.15, 0.2) is 24.3 Å². The normalized spacial score (nSPS) is 22.0. The minimum Gasteiger partial charge on any atom is -0.480 e. The lowest BCUT2D eigenvalue weighted by Crippen LogP contribution is -2.44. The number of aryl methyl sites for hydroxylation is 1. The molecule has 1 heterocycles. The van der Waals surface area contributed by atoms with Crippen LogP contribution in [0.25, 0.3) is 0 Å². The third-order valence-corrected chi connectivity index (χ3v) is 4.55. The highest BCUT2D eigenvalue weighted by atomic mass is 32.2. The standard InChI is InChI=1S/C14H16FNO3S/c1-9-16(12(8-20-9)14(18)19)13(17)7-4-10-2-5-11(15)6-3-10/h2-3,5-6,9,12H,4,7-8H2,1H3,(H,18,19). The summed E-state index contributed by atoms with van der Waals surface area (Å²) < 4.78 is 12.8. The van der Waals surface area contributed by atoms with Gasteiger partial charge >= 0.3 is 5.97 Å². The zero-order valence-corrected chi connectivity index (χ0v) is 11.9. The van der Waals surface area contributed by atoms with Crippen molar-refractivity contribution in [1.82, 2.24) is 4.90 Å². The Balaban J connectivity index is 1.97. The number of carboxylic acids is 1. The molecular weight excluding hydrogens is 281 g/mol. The van der Waals surface area contributed by atoms with Gasteiger partial charge in [0.05, 0.1) is 5.37 Å². The van der Waals surface area contributed by atoms with Crippen molar-refractivity contribution in [2.24, 2.45) is 0 Å². The van der Waals surface area contributed by atoms with Crippen molar-refractivity contribution in [3.05, 3.63) is 35.6 Å². The molecule has 1 aromatic rings. The number of carbonyl (C=O) groups excluding carboxylic acids is 1. The molecule has 2 atom stereocenters. The minimum atomic E-state index is -0.961. The molecule has 1 amide bonds. The third kappa shape index (κ3) is 3.30. The Morgan fingerprint density at radius 3 is 2.65 bits per heavy atom. The number of halogens is 1. The molecule has 1 N–H and O–H groups in total. The van der Waals surface area contributed by atoms with Crippen LogP contribution in [0.5, 0.6) is 0 Å². The number of hydrogen-bond donors (Lipinski definition) is 1. The van der Waals surface area contributed by atoms with E-state index in [1.54, 1.807) is 12.1 Å². The van der Waals surface area contributed by atoms with Gasteiger partial charge in [-0.3, -0.25) is 4.79 Å². The molecule has 0 bridgehead atoms. The zero-order chi connectivity index (χ0) is 14.7. The number of thioether (sulfide) groups is 1. The van der Waals surface area contributed by atoms with Gasteiger partial charge < -0.3 is 10.0 Å². The quantitative estimate of drug-likeness (QED) is 0.925. The van der Waals surface area contributed by atoms with Gasteiger partial charge in [-0.2, -0.15) is 0 Å². The van der Waals surface area contributed by atoms with Crippen molar-refractivity contribution in [2.45, 2.75) is 31.2 Å². The molecule has 2 rings (SSSR count). The number of benzene rings is 1. The van der Waals surface area contributed by atoms with Gasteiger partial charge in [-0.05, 0) is 31.0 Å². The van der Waals surface area contributed by atoms with E-state index in [2.05, 4.69) is 0 Å². The molecule has 4 nitrogen and oxygen atoms in total. The molecule has 0 aromatic heterocycles. The third-order valence-electron chi connectivity index (χ3n) is 3.34. The Hall–Kier alpha value is -1.56. The Bertz CT molecular complexity index is 506. The lowest BCUT2D eigenvalue weighted by Gasteiger charge is -2.25. The molecule has 1 fully saturated rings. The van der Waals surface area contributed by atoms with E-state index in [9.17, 15) is 14.0 Å². The van der Waals surface area contributed by atoms with E-state index in [0.29, 0.717) is 12.2 Å². The topological polar surface area (TPSA) is 57.6 Å². The highest BCUT2D eigenvalue weighted by molar-refractivity contribution is 8.00. The van der Waals surface area contributed by atoms with E-state index in [4.69, 9.17) is 5.11 Å². The van der Waals surface area contributed by atoms with Crippen molar-refractivity contribution < 1.29 is 19.1 Å². The fourth-order valence-corrected chi connectivity index (χ4v) is 3.43. The van der Waals surface area contributed by atoms with E-state index in [-0.39, 0.29) is 23.5 Å². The molecule has 1 saturated heterocycles. The van der Waals surface area contributed by atoms with E-state index in [0.717, 1.165) is 5.56 Å². The van der Waals surface area contributed by atoms with Crippen LogP contribution < -0.4 is 0 Å². The summed E-state index contributed by atoms with van der Waals surface area (Å²) in [5.74, 6) is -1.01. The summed E-state index contributed by atoms with van der Waals surface area (Å²) in [6.45, 7) is 1.84. The summed E-state index contributed by atoms with van der Waals surface area (Å²) in [5, 5.41) is 9.00. The summed E-state index contributed by atoms with van der Waals surface area (Å²) in [6.07, 6.45) is 0.722. The summed E-state index contributed by atoms with van der Waals surface area (Å²) in [4.78, 5) is 24.8. The molecule has 0 spiro atoms. The van der Waals surface area contributed by atoms with E-state index in [1.165, 1.54) is 28.8 Å². The van der Waals surface area contributed by atoms with Crippen molar-refractivity contribution in [3.63, 3.8) is 0 Å². The van der Waals surface area contributed by atoms with Gasteiger partial charge in [-0.25, -0.2) is 9.18 Å². The van der Waals surface area contributed by atoms with Crippen LogP contribution in [0.1, 0.15) is 18.9 Å². The number of rotatable bonds is 4. The highest BCUT2D eigenvalue weighted by Gasteiger charge is 2.38. The van der Waals surface area contributed by atoms with Crippen LogP contribution in [0.4, 0.5) is 4.39 Å². The molecule has 1 aliphatic heterocycles. The molecule has 6 heteroatoms. The first-order valence-corrected chi connectivity index (χ1v) is 7.44. The number of nitrogens with zero attached hydrogens (tertiary/aromatic N) is 1. The molecule has 108 valence electrons. The lowest BCUT2D eigenvalue weighted by molar-refractivity contribution is -0.148. The molecule has 0 saturated carbocycles. The van der Waals surface area contributed by atoms with E-state index < -0.39 is 12.0 Å². The minimum absolute atomic E-state index is 0.114. The summed E-state index contributed by atoms with van der Waals surface area (Å²) in [7, 11) is 0. The van der Waals surface area contributed by atoms with Gasteiger partial charge in [0.2, 0.25) is 5.91 Å². The number of carboxylic acid groups (broad SMARTS) is 1. The Morgan fingerprint density at radius 2 is 2.05 bits per heavy atom. The number of carbonyl (C=O) groups is 2. The predicted octanol–water partition coefficient (Wildman–Crippen LogP) is 2.13. The van der Waals surface area contributed by atoms with Crippen molar-refractivity contribution >= 4 is 23.6 Å². The second kappa shape index (κ2) is 6.26. The second-order valence-electron chi connectivity index (χ2n) is 4.71. The first-order valence-electron chi connectivity index (χ1n) is 6.39. The number of hydrogen-bond acceptors (Lipinski definition) is 3. The Morgan fingerprint density at radius 1 is 1.40 bits per heavy atom. The van der Waals surface area contributed by atoms with Crippen LogP contribution in [0, 0.1) is 5.82 Å². The molecule has 0 radical (unpaired) electrons. The smallest absolute Gasteiger partial charge is 0.327 e. The fourth-order valence-electron chi connectivity index (χ4n) is 2.24. The Kier molecular flexibility index (Phi) is 4.65. The lowest BCUT2D eigenvalue weighted by atomic mass is 10.1. The van der Waals surface area contributed by atoms with Gasteiger partial charge in [0, 0.05) is 12.2 Å². The summed E-state index contributed by atoms with van der Waals surface area (Å²) >= 11 is 1.47. The second-order valence-corrected chi connectivity index (χ2v) is 6.06. The molecule has 0 aliphatic carbocycles. The first kappa shape index (κ1) is 14.8. The maximum atomic E-state index is 12.8. The zero-order valence-electron chi connectivity index (χ0n) is 11.1. The Labute approximate surface area is 121 Å². The monoisotopic (exact) mass is 297 g/mol. The van der Waals surface area contributed by atoms with E-state index in [1.807, 2.05) is 6.92 Å². The number of aliphatic carboxylic acids is 1. The van der Waals surface area contributed by atoms with Gasteiger partial charge in [-0.15, -0.1) is 11.8 Å². The van der Waals surface area contributed by atoms with Crippen LogP contribution in [0.3, 0.4) is 0 Å². The summed E-state index contributed by atoms with van der Waals surface area (Å²) in [5.41, 5.74) is 0.867. The van der Waals surface area contributed by atoms with Gasteiger partial charge in [-0.1, -0.05) is 12.1 Å². The largest absolute Gasteiger partial charge is 0.480 e. The average Bonchev–Trinajstić information content (AvgIpc) is 2.80. The summed E-state index contributed by atoms with van der Waals surface area (Å²) in [6, 6.07) is 5.25. The molecule has 1 aliphatic rings. The maximum Gasteiger partial charge on any atom is 0.327 e. The van der Waals surface area contributed by atoms with Crippen molar-refractivity contribution in [3.8, 4) is 0 Å². The molecule has 20 heavy (non-hydrogen) atoms. The SMILES string of the molecule is CC1SCC(C(=O)O)N1C(=O)CCc1ccc(F)cc1. The van der Waals surface area contributed by atoms with Gasteiger partial charge in [0.1, 0.15) is 11.9 Å². The molecule has 2 unspecified atom stereocenters. The van der Waals surface area contributed by atoms with Crippen LogP contribution >= 0.6 is 11.8 Å². The average molecular weight is 297 g/mol. The van der Waals surface area contributed by atoms with Gasteiger partial charge in [0.25, 0.3) is 0 Å². The number of amides is 1. The fraction of sp³-hybridized carbons (Fsp3) is 0.429. The molecule has 1 aromatic carbocycles. The maximum absolute atomic E-state index is 12.8. The predicted molar refractivity (Wildman–Crippen MR) is 74.9 cm³/mol. The first-order chi connectivity index (χ1) is 9.49. The van der Waals surface area contributed by atoms with Crippen LogP contribution in [0.2, 0.25) is 0 Å². The van der Waals surface area contributed by atoms with Crippen LogP contribution in [-0.2, 0) is 16.0 Å². The van der Waals surface area contributed by atoms with Crippen molar-refractivity contribution in [2.75, 3.05) is 5.75 Å². The van der Waals surface area contributed by atoms with E-state index >= 15 is 0 Å². The van der Waals surface area contributed by atoms with Crippen molar-refractivity contribution in [1.29, 1.82) is 0 Å². The van der Waals surface area contributed by atoms with Crippen LogP contribution in [-0.4, -0.2) is 39.1 Å².